The third-order valence-corrected chi connectivity index (χ3v) is 7.02. The van der Waals surface area contributed by atoms with Crippen molar-refractivity contribution < 1.29 is 22.6 Å². The van der Waals surface area contributed by atoms with Crippen molar-refractivity contribution >= 4 is 10.0 Å². The van der Waals surface area contributed by atoms with Crippen LogP contribution in [0.5, 0.6) is 0 Å². The fraction of sp³-hybridized carbons (Fsp3) is 0.667. The summed E-state index contributed by atoms with van der Waals surface area (Å²) in [6.07, 6.45) is 3.31. The summed E-state index contributed by atoms with van der Waals surface area (Å²) in [5.74, 6) is 0. The van der Waals surface area contributed by atoms with Crippen LogP contribution < -0.4 is 0 Å². The molecule has 25 heavy (non-hydrogen) atoms. The lowest BCUT2D eigenvalue weighted by molar-refractivity contribution is -0.152. The molecule has 1 unspecified atom stereocenters. The average Bonchev–Trinajstić information content (AvgIpc) is 2.63. The number of ether oxygens (including phenoxy) is 3. The largest absolute Gasteiger partial charge is 0.382 e. The van der Waals surface area contributed by atoms with Crippen LogP contribution in [0.25, 0.3) is 0 Å². The van der Waals surface area contributed by atoms with E-state index in [1.807, 2.05) is 6.07 Å². The first-order valence-electron chi connectivity index (χ1n) is 8.85. The zero-order valence-corrected chi connectivity index (χ0v) is 15.5. The maximum Gasteiger partial charge on any atom is 0.243 e. The molecule has 0 saturated carbocycles. The first-order chi connectivity index (χ1) is 12.1. The average molecular weight is 369 g/mol. The molecule has 2 aliphatic heterocycles. The molecule has 0 bridgehead atoms. The zero-order chi connectivity index (χ0) is 17.8. The summed E-state index contributed by atoms with van der Waals surface area (Å²) >= 11 is 0. The Morgan fingerprint density at radius 2 is 1.92 bits per heavy atom. The molecule has 6 nitrogen and oxygen atoms in total. The Bertz CT molecular complexity index is 641. The van der Waals surface area contributed by atoms with E-state index in [1.54, 1.807) is 35.7 Å². The van der Waals surface area contributed by atoms with Crippen LogP contribution in [0.3, 0.4) is 0 Å². The van der Waals surface area contributed by atoms with Gasteiger partial charge in [0.15, 0.2) is 0 Å². The lowest BCUT2D eigenvalue weighted by atomic mass is 9.84. The van der Waals surface area contributed by atoms with Crippen LogP contribution in [-0.2, 0) is 24.2 Å². The van der Waals surface area contributed by atoms with Crippen molar-refractivity contribution in [1.29, 1.82) is 0 Å². The molecule has 2 heterocycles. The van der Waals surface area contributed by atoms with E-state index < -0.39 is 10.0 Å². The zero-order valence-electron chi connectivity index (χ0n) is 14.7. The number of nitrogens with zero attached hydrogens (tertiary/aromatic N) is 1. The van der Waals surface area contributed by atoms with Crippen LogP contribution in [0.2, 0.25) is 0 Å². The molecule has 0 aromatic heterocycles. The smallest absolute Gasteiger partial charge is 0.243 e. The first kappa shape index (κ1) is 18.8. The molecule has 1 aromatic carbocycles. The summed E-state index contributed by atoms with van der Waals surface area (Å²) < 4.78 is 44.1. The van der Waals surface area contributed by atoms with Gasteiger partial charge < -0.3 is 14.2 Å². The highest BCUT2D eigenvalue weighted by Gasteiger charge is 2.43. The second-order valence-electron chi connectivity index (χ2n) is 6.73. The standard InChI is InChI=1S/C18H27NO5S/c1-22-13-14-23-16-7-12-24-18(15-16)8-10-19(11-9-18)25(20,21)17-5-3-2-4-6-17/h2-6,16H,7-15H2,1H3. The van der Waals surface area contributed by atoms with E-state index in [-0.39, 0.29) is 11.7 Å². The maximum absolute atomic E-state index is 12.7. The van der Waals surface area contributed by atoms with Crippen LogP contribution in [0, 0.1) is 0 Å². The summed E-state index contributed by atoms with van der Waals surface area (Å²) in [5.41, 5.74) is -0.251. The van der Waals surface area contributed by atoms with Gasteiger partial charge in [-0.25, -0.2) is 8.42 Å². The quantitative estimate of drug-likeness (QED) is 0.718. The van der Waals surface area contributed by atoms with E-state index in [2.05, 4.69) is 0 Å². The lowest BCUT2D eigenvalue weighted by Gasteiger charge is -2.45. The molecule has 0 aliphatic carbocycles. The monoisotopic (exact) mass is 369 g/mol. The molecule has 1 aromatic rings. The van der Waals surface area contributed by atoms with Crippen molar-refractivity contribution in [2.75, 3.05) is 40.0 Å². The predicted octanol–water partition coefficient (Wildman–Crippen LogP) is 2.05. The van der Waals surface area contributed by atoms with E-state index in [0.29, 0.717) is 50.6 Å². The molecule has 2 fully saturated rings. The van der Waals surface area contributed by atoms with Gasteiger partial charge in [-0.1, -0.05) is 18.2 Å². The molecule has 0 N–H and O–H groups in total. The Balaban J connectivity index is 1.59. The number of piperidine rings is 1. The Morgan fingerprint density at radius 3 is 2.60 bits per heavy atom. The minimum Gasteiger partial charge on any atom is -0.382 e. The van der Waals surface area contributed by atoms with Gasteiger partial charge in [-0.15, -0.1) is 0 Å². The van der Waals surface area contributed by atoms with Crippen LogP contribution >= 0.6 is 0 Å². The van der Waals surface area contributed by atoms with Gasteiger partial charge in [-0.05, 0) is 31.4 Å². The Kier molecular flexibility index (Phi) is 6.12. The van der Waals surface area contributed by atoms with Gasteiger partial charge in [0.25, 0.3) is 0 Å². The van der Waals surface area contributed by atoms with Crippen molar-refractivity contribution in [2.45, 2.75) is 42.3 Å². The second kappa shape index (κ2) is 8.14. The molecule has 0 radical (unpaired) electrons. The fourth-order valence-electron chi connectivity index (χ4n) is 3.65. The molecule has 2 saturated heterocycles. The molecule has 140 valence electrons. The van der Waals surface area contributed by atoms with Gasteiger partial charge in [-0.3, -0.25) is 0 Å². The lowest BCUT2D eigenvalue weighted by Crippen LogP contribution is -2.52. The minimum absolute atomic E-state index is 0.168. The molecular formula is C18H27NO5S. The van der Waals surface area contributed by atoms with E-state index >= 15 is 0 Å². The van der Waals surface area contributed by atoms with Crippen molar-refractivity contribution in [2.24, 2.45) is 0 Å². The van der Waals surface area contributed by atoms with Gasteiger partial charge in [0.1, 0.15) is 0 Å². The van der Waals surface area contributed by atoms with Gasteiger partial charge in [0, 0.05) is 33.2 Å². The third kappa shape index (κ3) is 4.41. The summed E-state index contributed by atoms with van der Waals surface area (Å²) in [7, 11) is -1.75. The highest BCUT2D eigenvalue weighted by molar-refractivity contribution is 7.89. The Hall–Kier alpha value is -0.990. The van der Waals surface area contributed by atoms with Gasteiger partial charge in [0.05, 0.1) is 29.8 Å². The van der Waals surface area contributed by atoms with Crippen LogP contribution in [0.15, 0.2) is 35.2 Å². The van der Waals surface area contributed by atoms with E-state index in [4.69, 9.17) is 14.2 Å². The first-order valence-corrected chi connectivity index (χ1v) is 10.3. The topological polar surface area (TPSA) is 65.1 Å². The summed E-state index contributed by atoms with van der Waals surface area (Å²) in [4.78, 5) is 0.358. The van der Waals surface area contributed by atoms with E-state index in [0.717, 1.165) is 12.8 Å². The molecule has 7 heteroatoms. The molecule has 2 aliphatic rings. The molecular weight excluding hydrogens is 342 g/mol. The van der Waals surface area contributed by atoms with Gasteiger partial charge in [-0.2, -0.15) is 4.31 Å². The SMILES string of the molecule is COCCOC1CCOC2(CCN(S(=O)(=O)c3ccccc3)CC2)C1. The Morgan fingerprint density at radius 1 is 1.20 bits per heavy atom. The van der Waals surface area contributed by atoms with Crippen LogP contribution in [0.4, 0.5) is 0 Å². The van der Waals surface area contributed by atoms with Crippen molar-refractivity contribution in [3.8, 4) is 0 Å². The maximum atomic E-state index is 12.7. The Labute approximate surface area is 150 Å². The van der Waals surface area contributed by atoms with Gasteiger partial charge >= 0.3 is 0 Å². The molecule has 1 spiro atoms. The molecule has 3 rings (SSSR count). The normalized spacial score (nSPS) is 24.4. The summed E-state index contributed by atoms with van der Waals surface area (Å²) in [6, 6.07) is 8.63. The number of methoxy groups -OCH3 is 1. The van der Waals surface area contributed by atoms with Crippen molar-refractivity contribution in [3.63, 3.8) is 0 Å². The highest BCUT2D eigenvalue weighted by Crippen LogP contribution is 2.37. The summed E-state index contributed by atoms with van der Waals surface area (Å²) in [5, 5.41) is 0. The van der Waals surface area contributed by atoms with Gasteiger partial charge in [0.2, 0.25) is 10.0 Å². The third-order valence-electron chi connectivity index (χ3n) is 5.10. The number of sulfonamides is 1. The fourth-order valence-corrected chi connectivity index (χ4v) is 5.11. The van der Waals surface area contributed by atoms with Crippen LogP contribution in [-0.4, -0.2) is 64.4 Å². The number of rotatable bonds is 6. The van der Waals surface area contributed by atoms with E-state index in [9.17, 15) is 8.42 Å². The summed E-state index contributed by atoms with van der Waals surface area (Å²) in [6.45, 7) is 2.83. The second-order valence-corrected chi connectivity index (χ2v) is 8.66. The van der Waals surface area contributed by atoms with E-state index in [1.165, 1.54) is 0 Å². The predicted molar refractivity (Wildman–Crippen MR) is 94.0 cm³/mol. The van der Waals surface area contributed by atoms with Crippen LogP contribution in [0.1, 0.15) is 25.7 Å². The van der Waals surface area contributed by atoms with Crippen molar-refractivity contribution in [3.05, 3.63) is 30.3 Å². The number of benzene rings is 1. The van der Waals surface area contributed by atoms with Crippen molar-refractivity contribution in [1.82, 2.24) is 4.31 Å². The highest BCUT2D eigenvalue weighted by atomic mass is 32.2. The molecule has 1 atom stereocenters. The minimum atomic E-state index is -3.42. The molecule has 0 amide bonds. The number of hydrogen-bond acceptors (Lipinski definition) is 5. The number of hydrogen-bond donors (Lipinski definition) is 0.